The summed E-state index contributed by atoms with van der Waals surface area (Å²) in [6, 6.07) is 5.35. The number of nitrogens with zero attached hydrogens (tertiary/aromatic N) is 2. The molecule has 2 rings (SSSR count). The highest BCUT2D eigenvalue weighted by atomic mass is 19.4. The van der Waals surface area contributed by atoms with E-state index in [1.54, 1.807) is 12.1 Å². The number of carbonyl (C=O) groups is 1. The van der Waals surface area contributed by atoms with Gasteiger partial charge in [0.2, 0.25) is 5.91 Å². The van der Waals surface area contributed by atoms with Gasteiger partial charge in [0.05, 0.1) is 5.56 Å². The molecule has 1 saturated heterocycles. The molecule has 0 saturated carbocycles. The lowest BCUT2D eigenvalue weighted by molar-refractivity contribution is -0.137. The average molecular weight is 356 g/mol. The Morgan fingerprint density at radius 1 is 1.12 bits per heavy atom. The summed E-state index contributed by atoms with van der Waals surface area (Å²) >= 11 is 0. The summed E-state index contributed by atoms with van der Waals surface area (Å²) < 4.78 is 37.9. The Bertz CT molecular complexity index is 557. The fourth-order valence-corrected chi connectivity index (χ4v) is 3.27. The molecule has 1 atom stereocenters. The zero-order valence-electron chi connectivity index (χ0n) is 15.0. The van der Waals surface area contributed by atoms with Crippen LogP contribution >= 0.6 is 0 Å². The molecule has 0 bridgehead atoms. The molecule has 1 unspecified atom stereocenters. The lowest BCUT2D eigenvalue weighted by Crippen LogP contribution is -2.38. The standard InChI is InChI=1S/C19H27F3N2O/c1-3-5-15(2)18(25)24-11-4-10-23(12-13-24)14-16-6-8-17(9-7-16)19(20,21)22/h6-9,15H,3-5,10-14H2,1-2H3. The quantitative estimate of drug-likeness (QED) is 0.790. The van der Waals surface area contributed by atoms with Gasteiger partial charge in [-0.3, -0.25) is 9.69 Å². The fourth-order valence-electron chi connectivity index (χ4n) is 3.27. The van der Waals surface area contributed by atoms with Crippen molar-refractivity contribution >= 4 is 5.91 Å². The van der Waals surface area contributed by atoms with E-state index in [1.807, 2.05) is 11.8 Å². The third-order valence-electron chi connectivity index (χ3n) is 4.73. The van der Waals surface area contributed by atoms with Crippen molar-refractivity contribution in [1.82, 2.24) is 9.80 Å². The first-order chi connectivity index (χ1) is 11.8. The third kappa shape index (κ3) is 5.73. The Balaban J connectivity index is 1.90. The molecule has 1 aliphatic rings. The van der Waals surface area contributed by atoms with Crippen LogP contribution in [-0.4, -0.2) is 41.9 Å². The Hall–Kier alpha value is -1.56. The van der Waals surface area contributed by atoms with Gasteiger partial charge >= 0.3 is 6.18 Å². The highest BCUT2D eigenvalue weighted by Crippen LogP contribution is 2.29. The summed E-state index contributed by atoms with van der Waals surface area (Å²) in [5.74, 6) is 0.282. The second-order valence-electron chi connectivity index (χ2n) is 6.84. The van der Waals surface area contributed by atoms with Crippen molar-refractivity contribution < 1.29 is 18.0 Å². The SMILES string of the molecule is CCCC(C)C(=O)N1CCCN(Cc2ccc(C(F)(F)F)cc2)CC1. The van der Waals surface area contributed by atoms with Crippen LogP contribution in [0.5, 0.6) is 0 Å². The van der Waals surface area contributed by atoms with Gasteiger partial charge in [-0.25, -0.2) is 0 Å². The Morgan fingerprint density at radius 3 is 2.40 bits per heavy atom. The van der Waals surface area contributed by atoms with Gasteiger partial charge in [0, 0.05) is 38.6 Å². The molecule has 0 aliphatic carbocycles. The summed E-state index contributed by atoms with van der Waals surface area (Å²) in [5, 5.41) is 0. The second kappa shape index (κ2) is 8.70. The first-order valence-corrected chi connectivity index (χ1v) is 8.98. The highest BCUT2D eigenvalue weighted by Gasteiger charge is 2.30. The van der Waals surface area contributed by atoms with E-state index in [-0.39, 0.29) is 11.8 Å². The first-order valence-electron chi connectivity index (χ1n) is 8.98. The van der Waals surface area contributed by atoms with E-state index in [2.05, 4.69) is 11.8 Å². The van der Waals surface area contributed by atoms with Gasteiger partial charge < -0.3 is 4.90 Å². The van der Waals surface area contributed by atoms with Gasteiger partial charge in [0.15, 0.2) is 0 Å². The van der Waals surface area contributed by atoms with Crippen molar-refractivity contribution in [3.05, 3.63) is 35.4 Å². The molecule has 1 aromatic carbocycles. The summed E-state index contributed by atoms with van der Waals surface area (Å²) in [5.41, 5.74) is 0.251. The fraction of sp³-hybridized carbons (Fsp3) is 0.632. The minimum atomic E-state index is -4.29. The van der Waals surface area contributed by atoms with Gasteiger partial charge in [-0.05, 0) is 30.5 Å². The Morgan fingerprint density at radius 2 is 1.80 bits per heavy atom. The molecule has 0 N–H and O–H groups in total. The van der Waals surface area contributed by atoms with Crippen LogP contribution in [0.15, 0.2) is 24.3 Å². The van der Waals surface area contributed by atoms with Crippen molar-refractivity contribution in [2.45, 2.75) is 45.8 Å². The van der Waals surface area contributed by atoms with Crippen LogP contribution in [0.2, 0.25) is 0 Å². The van der Waals surface area contributed by atoms with Crippen molar-refractivity contribution in [2.75, 3.05) is 26.2 Å². The third-order valence-corrected chi connectivity index (χ3v) is 4.73. The molecular weight excluding hydrogens is 329 g/mol. The smallest absolute Gasteiger partial charge is 0.341 e. The molecule has 1 heterocycles. The van der Waals surface area contributed by atoms with Gasteiger partial charge in [-0.1, -0.05) is 32.4 Å². The molecule has 140 valence electrons. The molecule has 3 nitrogen and oxygen atoms in total. The van der Waals surface area contributed by atoms with Gasteiger partial charge in [-0.15, -0.1) is 0 Å². The number of rotatable bonds is 5. The van der Waals surface area contributed by atoms with E-state index in [9.17, 15) is 18.0 Å². The first kappa shape index (κ1) is 19.8. The summed E-state index contributed by atoms with van der Waals surface area (Å²) in [6.07, 6.45) is -1.49. The number of carbonyl (C=O) groups excluding carboxylic acids is 1. The zero-order chi connectivity index (χ0) is 18.4. The van der Waals surface area contributed by atoms with Crippen LogP contribution < -0.4 is 0 Å². The van der Waals surface area contributed by atoms with Crippen LogP contribution in [0.3, 0.4) is 0 Å². The Kier molecular flexibility index (Phi) is 6.87. The van der Waals surface area contributed by atoms with Crippen LogP contribution in [-0.2, 0) is 17.5 Å². The predicted octanol–water partition coefficient (Wildman–Crippen LogP) is 4.18. The van der Waals surface area contributed by atoms with E-state index in [0.717, 1.165) is 56.6 Å². The zero-order valence-corrected chi connectivity index (χ0v) is 15.0. The van der Waals surface area contributed by atoms with Gasteiger partial charge in [0.25, 0.3) is 0 Å². The van der Waals surface area contributed by atoms with Crippen LogP contribution in [0.4, 0.5) is 13.2 Å². The number of hydrogen-bond donors (Lipinski definition) is 0. The van der Waals surface area contributed by atoms with Crippen molar-refractivity contribution in [2.24, 2.45) is 5.92 Å². The maximum absolute atomic E-state index is 12.6. The van der Waals surface area contributed by atoms with Gasteiger partial charge in [0.1, 0.15) is 0 Å². The molecule has 6 heteroatoms. The molecule has 1 aliphatic heterocycles. The van der Waals surface area contributed by atoms with Crippen molar-refractivity contribution in [3.8, 4) is 0 Å². The lowest BCUT2D eigenvalue weighted by atomic mass is 10.0. The monoisotopic (exact) mass is 356 g/mol. The minimum Gasteiger partial charge on any atom is -0.341 e. The second-order valence-corrected chi connectivity index (χ2v) is 6.84. The molecule has 0 radical (unpaired) electrons. The Labute approximate surface area is 147 Å². The predicted molar refractivity (Wildman–Crippen MR) is 92.0 cm³/mol. The highest BCUT2D eigenvalue weighted by molar-refractivity contribution is 5.78. The molecule has 0 spiro atoms. The molecule has 1 amide bonds. The van der Waals surface area contributed by atoms with E-state index in [0.29, 0.717) is 13.1 Å². The van der Waals surface area contributed by atoms with Crippen LogP contribution in [0, 0.1) is 5.92 Å². The number of amides is 1. The minimum absolute atomic E-state index is 0.0615. The van der Waals surface area contributed by atoms with Crippen LogP contribution in [0.25, 0.3) is 0 Å². The summed E-state index contributed by atoms with van der Waals surface area (Å²) in [6.45, 7) is 7.74. The normalized spacial score (nSPS) is 18.0. The maximum atomic E-state index is 12.6. The van der Waals surface area contributed by atoms with E-state index < -0.39 is 11.7 Å². The van der Waals surface area contributed by atoms with Crippen molar-refractivity contribution in [1.29, 1.82) is 0 Å². The van der Waals surface area contributed by atoms with E-state index in [1.165, 1.54) is 0 Å². The molecule has 1 fully saturated rings. The number of alkyl halides is 3. The lowest BCUT2D eigenvalue weighted by Gasteiger charge is -2.24. The average Bonchev–Trinajstić information content (AvgIpc) is 2.79. The molecule has 0 aromatic heterocycles. The topological polar surface area (TPSA) is 23.6 Å². The van der Waals surface area contributed by atoms with Crippen molar-refractivity contribution in [3.63, 3.8) is 0 Å². The van der Waals surface area contributed by atoms with Crippen LogP contribution in [0.1, 0.15) is 44.2 Å². The number of hydrogen-bond acceptors (Lipinski definition) is 2. The molecule has 1 aromatic rings. The van der Waals surface area contributed by atoms with E-state index in [4.69, 9.17) is 0 Å². The molecular formula is C19H27F3N2O. The molecule has 25 heavy (non-hydrogen) atoms. The maximum Gasteiger partial charge on any atom is 0.416 e. The largest absolute Gasteiger partial charge is 0.416 e. The summed E-state index contributed by atoms with van der Waals surface area (Å²) in [4.78, 5) is 16.6. The number of halogens is 3. The number of benzene rings is 1. The summed E-state index contributed by atoms with van der Waals surface area (Å²) in [7, 11) is 0. The van der Waals surface area contributed by atoms with E-state index >= 15 is 0 Å². The van der Waals surface area contributed by atoms with Gasteiger partial charge in [-0.2, -0.15) is 13.2 Å².